The quantitative estimate of drug-likeness (QED) is 0.802. The highest BCUT2D eigenvalue weighted by molar-refractivity contribution is 7.18. The summed E-state index contributed by atoms with van der Waals surface area (Å²) < 4.78 is 1.24. The molecular formula is C12H16N2S. The van der Waals surface area contributed by atoms with E-state index in [1.807, 2.05) is 0 Å². The number of rotatable bonds is 1. The van der Waals surface area contributed by atoms with Crippen LogP contribution in [0, 0.1) is 0 Å². The normalized spacial score (nSPS) is 12.3. The Bertz CT molecular complexity index is 480. The molecule has 0 bridgehead atoms. The van der Waals surface area contributed by atoms with Gasteiger partial charge in [0.1, 0.15) is 0 Å². The number of fused-ring (bicyclic) bond motifs is 1. The van der Waals surface area contributed by atoms with Crippen LogP contribution in [-0.4, -0.2) is 4.98 Å². The van der Waals surface area contributed by atoms with Gasteiger partial charge in [-0.15, -0.1) is 11.3 Å². The fourth-order valence-corrected chi connectivity index (χ4v) is 2.50. The second-order valence-corrected chi connectivity index (χ2v) is 5.81. The molecule has 2 rings (SSSR count). The topological polar surface area (TPSA) is 38.9 Å². The van der Waals surface area contributed by atoms with Crippen molar-refractivity contribution in [3.63, 3.8) is 0 Å². The molecule has 0 fully saturated rings. The van der Waals surface area contributed by atoms with Gasteiger partial charge >= 0.3 is 0 Å². The molecule has 2 nitrogen and oxygen atoms in total. The number of thiazole rings is 1. The van der Waals surface area contributed by atoms with E-state index in [1.54, 1.807) is 11.3 Å². The van der Waals surface area contributed by atoms with E-state index in [-0.39, 0.29) is 5.41 Å². The van der Waals surface area contributed by atoms with Gasteiger partial charge in [0.15, 0.2) is 0 Å². The Kier molecular flexibility index (Phi) is 2.52. The molecule has 0 aliphatic heterocycles. The SMILES string of the molecule is CC(C)(C)c1nc2ccc(CN)cc2s1. The third kappa shape index (κ3) is 2.03. The Morgan fingerprint density at radius 1 is 1.33 bits per heavy atom. The summed E-state index contributed by atoms with van der Waals surface area (Å²) in [5.74, 6) is 0. The van der Waals surface area contributed by atoms with Gasteiger partial charge in [0.2, 0.25) is 0 Å². The number of nitrogens with two attached hydrogens (primary N) is 1. The highest BCUT2D eigenvalue weighted by Crippen LogP contribution is 2.31. The lowest BCUT2D eigenvalue weighted by Gasteiger charge is -2.13. The fourth-order valence-electron chi connectivity index (χ4n) is 1.42. The van der Waals surface area contributed by atoms with Gasteiger partial charge in [-0.25, -0.2) is 4.98 Å². The van der Waals surface area contributed by atoms with E-state index in [9.17, 15) is 0 Å². The minimum atomic E-state index is 0.132. The maximum atomic E-state index is 5.62. The largest absolute Gasteiger partial charge is 0.326 e. The number of aromatic nitrogens is 1. The van der Waals surface area contributed by atoms with Crippen molar-refractivity contribution in [3.05, 3.63) is 28.8 Å². The van der Waals surface area contributed by atoms with Crippen molar-refractivity contribution in [2.24, 2.45) is 5.73 Å². The average Bonchev–Trinajstić information content (AvgIpc) is 2.59. The van der Waals surface area contributed by atoms with Crippen LogP contribution < -0.4 is 5.73 Å². The highest BCUT2D eigenvalue weighted by atomic mass is 32.1. The lowest BCUT2D eigenvalue weighted by molar-refractivity contribution is 0.587. The second kappa shape index (κ2) is 3.58. The van der Waals surface area contributed by atoms with E-state index >= 15 is 0 Å². The molecule has 2 N–H and O–H groups in total. The highest BCUT2D eigenvalue weighted by Gasteiger charge is 2.18. The Hall–Kier alpha value is -0.930. The first kappa shape index (κ1) is 10.6. The van der Waals surface area contributed by atoms with Gasteiger partial charge in [-0.1, -0.05) is 26.8 Å². The Morgan fingerprint density at radius 3 is 2.67 bits per heavy atom. The van der Waals surface area contributed by atoms with E-state index in [0.717, 1.165) is 5.52 Å². The van der Waals surface area contributed by atoms with Crippen molar-refractivity contribution in [1.29, 1.82) is 0 Å². The summed E-state index contributed by atoms with van der Waals surface area (Å²) in [4.78, 5) is 4.64. The smallest absolute Gasteiger partial charge is 0.0992 e. The third-order valence-corrected chi connectivity index (χ3v) is 3.77. The predicted molar refractivity (Wildman–Crippen MR) is 66.2 cm³/mol. The first-order valence-corrected chi connectivity index (χ1v) is 5.92. The molecule has 80 valence electrons. The van der Waals surface area contributed by atoms with Crippen LogP contribution in [0.1, 0.15) is 31.3 Å². The number of hydrogen-bond acceptors (Lipinski definition) is 3. The summed E-state index contributed by atoms with van der Waals surface area (Å²) in [5.41, 5.74) is 8.01. The molecule has 0 unspecified atom stereocenters. The van der Waals surface area contributed by atoms with Crippen LogP contribution in [0.3, 0.4) is 0 Å². The molecule has 3 heteroatoms. The summed E-state index contributed by atoms with van der Waals surface area (Å²) in [6, 6.07) is 6.25. The molecule has 0 spiro atoms. The van der Waals surface area contributed by atoms with Gasteiger partial charge in [-0.05, 0) is 17.7 Å². The first-order valence-electron chi connectivity index (χ1n) is 5.11. The minimum absolute atomic E-state index is 0.132. The molecule has 15 heavy (non-hydrogen) atoms. The van der Waals surface area contributed by atoms with Crippen LogP contribution >= 0.6 is 11.3 Å². The van der Waals surface area contributed by atoms with Crippen molar-refractivity contribution in [2.45, 2.75) is 32.7 Å². The van der Waals surface area contributed by atoms with Gasteiger partial charge in [0.05, 0.1) is 15.2 Å². The molecule has 0 radical (unpaired) electrons. The lowest BCUT2D eigenvalue weighted by atomic mass is 9.98. The fraction of sp³-hybridized carbons (Fsp3) is 0.417. The Balaban J connectivity index is 2.56. The minimum Gasteiger partial charge on any atom is -0.326 e. The van der Waals surface area contributed by atoms with Crippen LogP contribution in [0.25, 0.3) is 10.2 Å². The van der Waals surface area contributed by atoms with Crippen molar-refractivity contribution < 1.29 is 0 Å². The maximum absolute atomic E-state index is 5.62. The molecule has 2 aromatic rings. The van der Waals surface area contributed by atoms with Crippen LogP contribution in [-0.2, 0) is 12.0 Å². The third-order valence-electron chi connectivity index (χ3n) is 2.33. The molecule has 0 atom stereocenters. The number of benzene rings is 1. The molecule has 0 saturated heterocycles. The maximum Gasteiger partial charge on any atom is 0.0992 e. The summed E-state index contributed by atoms with van der Waals surface area (Å²) >= 11 is 1.77. The lowest BCUT2D eigenvalue weighted by Crippen LogP contribution is -2.09. The standard InChI is InChI=1S/C12H16N2S/c1-12(2,3)11-14-9-5-4-8(7-13)6-10(9)15-11/h4-6H,7,13H2,1-3H3. The van der Waals surface area contributed by atoms with E-state index in [4.69, 9.17) is 5.73 Å². The molecule has 0 saturated carbocycles. The average molecular weight is 220 g/mol. The zero-order chi connectivity index (χ0) is 11.1. The van der Waals surface area contributed by atoms with Gasteiger partial charge < -0.3 is 5.73 Å². The van der Waals surface area contributed by atoms with Crippen molar-refractivity contribution in [1.82, 2.24) is 4.98 Å². The van der Waals surface area contributed by atoms with Gasteiger partial charge in [-0.2, -0.15) is 0 Å². The number of nitrogens with zero attached hydrogens (tertiary/aromatic N) is 1. The van der Waals surface area contributed by atoms with Crippen LogP contribution in [0.2, 0.25) is 0 Å². The molecule has 0 aliphatic rings. The van der Waals surface area contributed by atoms with E-state index in [0.29, 0.717) is 6.54 Å². The van der Waals surface area contributed by atoms with Crippen molar-refractivity contribution in [3.8, 4) is 0 Å². The van der Waals surface area contributed by atoms with Gasteiger partial charge in [0, 0.05) is 12.0 Å². The monoisotopic (exact) mass is 220 g/mol. The summed E-state index contributed by atoms with van der Waals surface area (Å²) in [5, 5.41) is 1.19. The van der Waals surface area contributed by atoms with E-state index in [2.05, 4.69) is 44.0 Å². The molecule has 1 heterocycles. The van der Waals surface area contributed by atoms with Gasteiger partial charge in [0.25, 0.3) is 0 Å². The predicted octanol–water partition coefficient (Wildman–Crippen LogP) is 3.05. The van der Waals surface area contributed by atoms with Crippen LogP contribution in [0.5, 0.6) is 0 Å². The second-order valence-electron chi connectivity index (χ2n) is 4.78. The van der Waals surface area contributed by atoms with Crippen LogP contribution in [0.4, 0.5) is 0 Å². The summed E-state index contributed by atoms with van der Waals surface area (Å²) in [6.45, 7) is 7.16. The van der Waals surface area contributed by atoms with Crippen molar-refractivity contribution in [2.75, 3.05) is 0 Å². The molecule has 1 aromatic heterocycles. The zero-order valence-corrected chi connectivity index (χ0v) is 10.2. The Labute approximate surface area is 94.1 Å². The Morgan fingerprint density at radius 2 is 2.07 bits per heavy atom. The van der Waals surface area contributed by atoms with Gasteiger partial charge in [-0.3, -0.25) is 0 Å². The molecule has 1 aromatic carbocycles. The molecular weight excluding hydrogens is 204 g/mol. The molecule has 0 aliphatic carbocycles. The summed E-state index contributed by atoms with van der Waals surface area (Å²) in [6.07, 6.45) is 0. The molecule has 0 amide bonds. The number of hydrogen-bond donors (Lipinski definition) is 1. The van der Waals surface area contributed by atoms with Crippen molar-refractivity contribution >= 4 is 21.6 Å². The first-order chi connectivity index (χ1) is 7.00. The van der Waals surface area contributed by atoms with E-state index in [1.165, 1.54) is 15.3 Å². The van der Waals surface area contributed by atoms with E-state index < -0.39 is 0 Å². The summed E-state index contributed by atoms with van der Waals surface area (Å²) in [7, 11) is 0. The zero-order valence-electron chi connectivity index (χ0n) is 9.37. The van der Waals surface area contributed by atoms with Crippen LogP contribution in [0.15, 0.2) is 18.2 Å².